The summed E-state index contributed by atoms with van der Waals surface area (Å²) in [7, 11) is 0. The smallest absolute Gasteiger partial charge is 0.410 e. The molecule has 1 saturated heterocycles. The fourth-order valence-corrected chi connectivity index (χ4v) is 4.18. The molecule has 1 aliphatic heterocycles. The van der Waals surface area contributed by atoms with Crippen LogP contribution in [-0.4, -0.2) is 41.2 Å². The summed E-state index contributed by atoms with van der Waals surface area (Å²) >= 11 is 0. The van der Waals surface area contributed by atoms with E-state index in [1.54, 1.807) is 4.90 Å². The van der Waals surface area contributed by atoms with Crippen LogP contribution in [0, 0.1) is 22.5 Å². The van der Waals surface area contributed by atoms with Crippen molar-refractivity contribution >= 4 is 11.7 Å². The van der Waals surface area contributed by atoms with Gasteiger partial charge < -0.3 is 9.64 Å². The Morgan fingerprint density at radius 1 is 1.30 bits per heavy atom. The fraction of sp³-hybridized carbons (Fsp3) is 0.571. The Bertz CT molecular complexity index is 784. The van der Waals surface area contributed by atoms with Crippen LogP contribution in [0.1, 0.15) is 50.3 Å². The van der Waals surface area contributed by atoms with Crippen molar-refractivity contribution in [3.05, 3.63) is 51.1 Å². The van der Waals surface area contributed by atoms with Crippen molar-refractivity contribution in [2.24, 2.45) is 5.41 Å². The van der Waals surface area contributed by atoms with Gasteiger partial charge in [-0.15, -0.1) is 0 Å². The van der Waals surface area contributed by atoms with Gasteiger partial charge >= 0.3 is 6.09 Å². The van der Waals surface area contributed by atoms with Gasteiger partial charge in [0, 0.05) is 18.0 Å². The van der Waals surface area contributed by atoms with E-state index in [1.165, 1.54) is 11.1 Å². The SMILES string of the molecule is Cc1ccc2c(c1)CC=C2C1(C[N+](=O)[O-])CCN(C(=O)OC(C)(C)C)CC1. The predicted molar refractivity (Wildman–Crippen MR) is 104 cm³/mol. The molecule has 1 aromatic rings. The highest BCUT2D eigenvalue weighted by Crippen LogP contribution is 2.48. The Morgan fingerprint density at radius 2 is 1.96 bits per heavy atom. The zero-order chi connectivity index (χ0) is 19.8. The number of hydrogen-bond donors (Lipinski definition) is 0. The number of benzene rings is 1. The maximum atomic E-state index is 12.4. The molecule has 0 spiro atoms. The Hall–Kier alpha value is -2.37. The summed E-state index contributed by atoms with van der Waals surface area (Å²) in [6.45, 7) is 8.43. The summed E-state index contributed by atoms with van der Waals surface area (Å²) in [6, 6.07) is 6.31. The van der Waals surface area contributed by atoms with Crippen molar-refractivity contribution < 1.29 is 14.5 Å². The molecule has 1 aromatic carbocycles. The second-order valence-corrected chi connectivity index (χ2v) is 8.72. The van der Waals surface area contributed by atoms with E-state index in [2.05, 4.69) is 31.2 Å². The van der Waals surface area contributed by atoms with E-state index in [0.29, 0.717) is 25.9 Å². The number of allylic oxidation sites excluding steroid dienone is 1. The molecule has 1 amide bonds. The number of rotatable bonds is 3. The lowest BCUT2D eigenvalue weighted by Crippen LogP contribution is -2.47. The number of carbonyl (C=O) groups excluding carboxylic acids is 1. The first kappa shape index (κ1) is 19.4. The minimum absolute atomic E-state index is 0.103. The van der Waals surface area contributed by atoms with Crippen LogP contribution in [0.15, 0.2) is 24.3 Å². The zero-order valence-corrected chi connectivity index (χ0v) is 16.6. The number of ether oxygens (including phenoxy) is 1. The van der Waals surface area contributed by atoms with Gasteiger partial charge in [0.1, 0.15) is 5.60 Å². The molecule has 1 aliphatic carbocycles. The molecule has 6 nitrogen and oxygen atoms in total. The summed E-state index contributed by atoms with van der Waals surface area (Å²) in [6.07, 6.45) is 3.78. The number of likely N-dealkylation sites (tertiary alicyclic amines) is 1. The van der Waals surface area contributed by atoms with E-state index in [0.717, 1.165) is 17.6 Å². The lowest BCUT2D eigenvalue weighted by Gasteiger charge is -2.40. The van der Waals surface area contributed by atoms with Gasteiger partial charge in [0.2, 0.25) is 6.54 Å². The van der Waals surface area contributed by atoms with Crippen LogP contribution in [0.2, 0.25) is 0 Å². The molecule has 0 saturated carbocycles. The molecule has 3 rings (SSSR count). The number of aryl methyl sites for hydroxylation is 1. The van der Waals surface area contributed by atoms with Crippen LogP contribution in [0.3, 0.4) is 0 Å². The van der Waals surface area contributed by atoms with Crippen LogP contribution >= 0.6 is 0 Å². The van der Waals surface area contributed by atoms with E-state index in [1.807, 2.05) is 20.8 Å². The van der Waals surface area contributed by atoms with Gasteiger partial charge in [-0.25, -0.2) is 4.79 Å². The van der Waals surface area contributed by atoms with Gasteiger partial charge in [-0.1, -0.05) is 29.8 Å². The Kier molecular flexibility index (Phi) is 5.02. The van der Waals surface area contributed by atoms with Crippen LogP contribution in [0.25, 0.3) is 5.57 Å². The lowest BCUT2D eigenvalue weighted by molar-refractivity contribution is -0.494. The summed E-state index contributed by atoms with van der Waals surface area (Å²) in [5.74, 6) is 0. The predicted octanol–water partition coefficient (Wildman–Crippen LogP) is 4.23. The molecule has 0 radical (unpaired) electrons. The molecule has 0 atom stereocenters. The van der Waals surface area contributed by atoms with Crippen LogP contribution in [0.4, 0.5) is 4.79 Å². The van der Waals surface area contributed by atoms with Crippen molar-refractivity contribution in [2.45, 2.75) is 52.6 Å². The molecule has 1 fully saturated rings. The topological polar surface area (TPSA) is 72.7 Å². The van der Waals surface area contributed by atoms with Gasteiger partial charge in [-0.2, -0.15) is 0 Å². The number of nitro groups is 1. The third kappa shape index (κ3) is 4.15. The zero-order valence-electron chi connectivity index (χ0n) is 16.6. The summed E-state index contributed by atoms with van der Waals surface area (Å²) in [4.78, 5) is 25.3. The van der Waals surface area contributed by atoms with Gasteiger partial charge in [0.25, 0.3) is 0 Å². The summed E-state index contributed by atoms with van der Waals surface area (Å²) < 4.78 is 5.46. The number of nitrogens with zero attached hydrogens (tertiary/aromatic N) is 2. The minimum Gasteiger partial charge on any atom is -0.444 e. The Labute approximate surface area is 160 Å². The largest absolute Gasteiger partial charge is 0.444 e. The second-order valence-electron chi connectivity index (χ2n) is 8.72. The van der Waals surface area contributed by atoms with Crippen molar-refractivity contribution in [1.29, 1.82) is 0 Å². The number of hydrogen-bond acceptors (Lipinski definition) is 4. The fourth-order valence-electron chi connectivity index (χ4n) is 4.18. The van der Waals surface area contributed by atoms with Gasteiger partial charge in [-0.3, -0.25) is 10.1 Å². The standard InChI is InChI=1S/C21H28N2O4/c1-15-5-7-17-16(13-15)6-8-18(17)21(14-23(25)26)9-11-22(12-10-21)19(24)27-20(2,3)4/h5,7-8,13H,6,9-12,14H2,1-4H3. The van der Waals surface area contributed by atoms with Crippen molar-refractivity contribution in [2.75, 3.05) is 19.6 Å². The van der Waals surface area contributed by atoms with Gasteiger partial charge in [-0.05, 0) is 63.7 Å². The van der Waals surface area contributed by atoms with E-state index in [9.17, 15) is 14.9 Å². The summed E-state index contributed by atoms with van der Waals surface area (Å²) in [5.41, 5.74) is 3.58. The number of fused-ring (bicyclic) bond motifs is 1. The molecule has 6 heteroatoms. The van der Waals surface area contributed by atoms with E-state index in [-0.39, 0.29) is 17.6 Å². The molecule has 1 heterocycles. The van der Waals surface area contributed by atoms with Gasteiger partial charge in [0.05, 0.1) is 5.41 Å². The third-order valence-corrected chi connectivity index (χ3v) is 5.45. The Balaban J connectivity index is 1.81. The average molecular weight is 372 g/mol. The first-order chi connectivity index (χ1) is 12.6. The third-order valence-electron chi connectivity index (χ3n) is 5.45. The van der Waals surface area contributed by atoms with Crippen molar-refractivity contribution in [1.82, 2.24) is 4.90 Å². The first-order valence-corrected chi connectivity index (χ1v) is 9.50. The second kappa shape index (κ2) is 6.98. The molecule has 27 heavy (non-hydrogen) atoms. The number of carbonyl (C=O) groups is 1. The average Bonchev–Trinajstić information content (AvgIpc) is 2.96. The van der Waals surface area contributed by atoms with E-state index in [4.69, 9.17) is 4.74 Å². The number of piperidine rings is 1. The molecule has 146 valence electrons. The molecule has 0 bridgehead atoms. The molecule has 2 aliphatic rings. The molecule has 0 unspecified atom stereocenters. The summed E-state index contributed by atoms with van der Waals surface area (Å²) in [5, 5.41) is 11.5. The van der Waals surface area contributed by atoms with Crippen LogP contribution in [-0.2, 0) is 11.2 Å². The van der Waals surface area contributed by atoms with E-state index < -0.39 is 11.0 Å². The van der Waals surface area contributed by atoms with Crippen LogP contribution < -0.4 is 0 Å². The minimum atomic E-state index is -0.544. The molecular weight excluding hydrogens is 344 g/mol. The van der Waals surface area contributed by atoms with Crippen LogP contribution in [0.5, 0.6) is 0 Å². The highest BCUT2D eigenvalue weighted by Gasteiger charge is 2.45. The monoisotopic (exact) mass is 372 g/mol. The molecular formula is C21H28N2O4. The molecule has 0 aromatic heterocycles. The quantitative estimate of drug-likeness (QED) is 0.588. The highest BCUT2D eigenvalue weighted by molar-refractivity contribution is 5.78. The van der Waals surface area contributed by atoms with E-state index >= 15 is 0 Å². The maximum absolute atomic E-state index is 12.4. The van der Waals surface area contributed by atoms with Gasteiger partial charge in [0.15, 0.2) is 0 Å². The van der Waals surface area contributed by atoms with Crippen molar-refractivity contribution in [3.8, 4) is 0 Å². The van der Waals surface area contributed by atoms with Crippen molar-refractivity contribution in [3.63, 3.8) is 0 Å². The first-order valence-electron chi connectivity index (χ1n) is 9.50. The number of amides is 1. The molecule has 0 N–H and O–H groups in total. The maximum Gasteiger partial charge on any atom is 0.410 e. The lowest BCUT2D eigenvalue weighted by atomic mass is 9.70. The Morgan fingerprint density at radius 3 is 2.56 bits per heavy atom. The normalized spacial score (nSPS) is 18.7. The highest BCUT2D eigenvalue weighted by atomic mass is 16.6.